The minimum Gasteiger partial charge on any atom is -0.493 e. The number of hydrogen-bond acceptors (Lipinski definition) is 4. The zero-order valence-electron chi connectivity index (χ0n) is 13.9. The maximum atomic E-state index is 13.2. The molecule has 1 aromatic rings. The topological polar surface area (TPSA) is 76.1 Å². The number of benzene rings is 1. The molecule has 1 heterocycles. The number of amides is 1. The first-order valence-electron chi connectivity index (χ1n) is 8.51. The van der Waals surface area contributed by atoms with Gasteiger partial charge >= 0.3 is 5.97 Å². The highest BCUT2D eigenvalue weighted by molar-refractivity contribution is 5.99. The Morgan fingerprint density at radius 2 is 2.00 bits per heavy atom. The van der Waals surface area contributed by atoms with Crippen molar-refractivity contribution in [3.8, 4) is 5.75 Å². The van der Waals surface area contributed by atoms with Gasteiger partial charge in [-0.05, 0) is 44.7 Å². The Kier molecular flexibility index (Phi) is 4.76. The van der Waals surface area contributed by atoms with Gasteiger partial charge in [-0.3, -0.25) is 9.69 Å². The Morgan fingerprint density at radius 1 is 1.29 bits per heavy atom. The number of ether oxygens (including phenoxy) is 2. The first-order chi connectivity index (χ1) is 11.6. The predicted molar refractivity (Wildman–Crippen MR) is 87.0 cm³/mol. The van der Waals surface area contributed by atoms with E-state index in [0.717, 1.165) is 19.3 Å². The quantitative estimate of drug-likeness (QED) is 0.917. The van der Waals surface area contributed by atoms with E-state index < -0.39 is 17.7 Å². The van der Waals surface area contributed by atoms with Crippen molar-refractivity contribution < 1.29 is 24.2 Å². The van der Waals surface area contributed by atoms with Gasteiger partial charge in [0.05, 0.1) is 18.8 Å². The summed E-state index contributed by atoms with van der Waals surface area (Å²) in [5.74, 6) is -0.877. The van der Waals surface area contributed by atoms with E-state index in [-0.39, 0.29) is 12.5 Å². The van der Waals surface area contributed by atoms with Gasteiger partial charge < -0.3 is 14.6 Å². The van der Waals surface area contributed by atoms with Crippen LogP contribution < -0.4 is 4.74 Å². The molecule has 2 fully saturated rings. The molecule has 1 unspecified atom stereocenters. The van der Waals surface area contributed by atoms with Crippen LogP contribution in [0.1, 0.15) is 49.4 Å². The van der Waals surface area contributed by atoms with Crippen LogP contribution in [-0.2, 0) is 9.53 Å². The summed E-state index contributed by atoms with van der Waals surface area (Å²) in [6.45, 7) is 2.33. The second-order valence-corrected chi connectivity index (χ2v) is 6.28. The zero-order valence-corrected chi connectivity index (χ0v) is 13.9. The van der Waals surface area contributed by atoms with E-state index in [9.17, 15) is 14.7 Å². The Labute approximate surface area is 141 Å². The molecule has 0 bridgehead atoms. The maximum absolute atomic E-state index is 13.2. The zero-order chi connectivity index (χ0) is 17.2. The lowest BCUT2D eigenvalue weighted by Crippen LogP contribution is -2.54. The second kappa shape index (κ2) is 6.81. The number of carbonyl (C=O) groups is 2. The fourth-order valence-corrected chi connectivity index (χ4v) is 3.71. The van der Waals surface area contributed by atoms with Gasteiger partial charge in [0, 0.05) is 0 Å². The molecule has 1 saturated carbocycles. The number of hydrogen-bond donors (Lipinski definition) is 1. The van der Waals surface area contributed by atoms with Crippen molar-refractivity contribution in [2.45, 2.75) is 50.8 Å². The smallest absolute Gasteiger partial charge is 0.328 e. The summed E-state index contributed by atoms with van der Waals surface area (Å²) in [6, 6.07) is 6.02. The number of nitrogens with zero attached hydrogens (tertiary/aromatic N) is 1. The van der Waals surface area contributed by atoms with Gasteiger partial charge in [-0.2, -0.15) is 0 Å². The van der Waals surface area contributed by atoms with Gasteiger partial charge in [0.15, 0.2) is 6.04 Å². The summed E-state index contributed by atoms with van der Waals surface area (Å²) in [6.07, 6.45) is 4.31. The van der Waals surface area contributed by atoms with Crippen LogP contribution in [0, 0.1) is 0 Å². The van der Waals surface area contributed by atoms with E-state index in [1.165, 1.54) is 4.90 Å². The molecule has 1 aliphatic carbocycles. The molecule has 1 amide bonds. The summed E-state index contributed by atoms with van der Waals surface area (Å²) < 4.78 is 11.4. The first kappa shape index (κ1) is 16.8. The van der Waals surface area contributed by atoms with E-state index in [1.807, 2.05) is 6.92 Å². The molecule has 2 aliphatic rings. The third-order valence-corrected chi connectivity index (χ3v) is 4.82. The van der Waals surface area contributed by atoms with Gasteiger partial charge in [-0.1, -0.05) is 18.6 Å². The van der Waals surface area contributed by atoms with Crippen LogP contribution in [0.3, 0.4) is 0 Å². The van der Waals surface area contributed by atoms with Gasteiger partial charge in [-0.25, -0.2) is 4.79 Å². The van der Waals surface area contributed by atoms with E-state index >= 15 is 0 Å². The SMILES string of the molecule is CCOc1ccccc1C(=O)N1C(C(=O)O)COC12CCCCC2. The van der Waals surface area contributed by atoms with Crippen LogP contribution in [-0.4, -0.2) is 46.9 Å². The summed E-state index contributed by atoms with van der Waals surface area (Å²) in [7, 11) is 0. The monoisotopic (exact) mass is 333 g/mol. The van der Waals surface area contributed by atoms with Crippen molar-refractivity contribution in [2.75, 3.05) is 13.2 Å². The van der Waals surface area contributed by atoms with Crippen LogP contribution in [0.5, 0.6) is 5.75 Å². The molecular formula is C18H23NO5. The average Bonchev–Trinajstić information content (AvgIpc) is 2.94. The predicted octanol–water partition coefficient (Wildman–Crippen LogP) is 2.67. The largest absolute Gasteiger partial charge is 0.493 e. The third kappa shape index (κ3) is 2.86. The highest BCUT2D eigenvalue weighted by Crippen LogP contribution is 2.42. The lowest BCUT2D eigenvalue weighted by Gasteiger charge is -2.41. The third-order valence-electron chi connectivity index (χ3n) is 4.82. The van der Waals surface area contributed by atoms with Crippen molar-refractivity contribution in [2.24, 2.45) is 0 Å². The number of aliphatic carboxylic acids is 1. The molecule has 0 aromatic heterocycles. The molecule has 24 heavy (non-hydrogen) atoms. The summed E-state index contributed by atoms with van der Waals surface area (Å²) in [4.78, 5) is 26.4. The fraction of sp³-hybridized carbons (Fsp3) is 0.556. The minimum atomic E-state index is -1.03. The molecule has 130 valence electrons. The van der Waals surface area contributed by atoms with Gasteiger partial charge in [-0.15, -0.1) is 0 Å². The molecule has 1 N–H and O–H groups in total. The molecule has 3 rings (SSSR count). The highest BCUT2D eigenvalue weighted by Gasteiger charge is 2.53. The van der Waals surface area contributed by atoms with Crippen molar-refractivity contribution in [3.63, 3.8) is 0 Å². The Bertz CT molecular complexity index is 624. The molecule has 1 spiro atoms. The number of carbonyl (C=O) groups excluding carboxylic acids is 1. The van der Waals surface area contributed by atoms with E-state index in [4.69, 9.17) is 9.47 Å². The summed E-state index contributed by atoms with van der Waals surface area (Å²) in [5.41, 5.74) is -0.404. The lowest BCUT2D eigenvalue weighted by atomic mass is 9.89. The Hall–Kier alpha value is -2.08. The number of carboxylic acid groups (broad SMARTS) is 1. The second-order valence-electron chi connectivity index (χ2n) is 6.28. The van der Waals surface area contributed by atoms with E-state index in [1.54, 1.807) is 24.3 Å². The Morgan fingerprint density at radius 3 is 2.67 bits per heavy atom. The maximum Gasteiger partial charge on any atom is 0.328 e. The van der Waals surface area contributed by atoms with Crippen molar-refractivity contribution in [3.05, 3.63) is 29.8 Å². The molecule has 6 nitrogen and oxygen atoms in total. The van der Waals surface area contributed by atoms with Gasteiger partial charge in [0.1, 0.15) is 11.5 Å². The molecule has 1 aromatic carbocycles. The van der Waals surface area contributed by atoms with Crippen LogP contribution in [0.2, 0.25) is 0 Å². The van der Waals surface area contributed by atoms with E-state index in [2.05, 4.69) is 0 Å². The number of rotatable bonds is 4. The molecule has 0 radical (unpaired) electrons. The van der Waals surface area contributed by atoms with Crippen LogP contribution in [0.25, 0.3) is 0 Å². The average molecular weight is 333 g/mol. The number of carboxylic acids is 1. The van der Waals surface area contributed by atoms with Crippen LogP contribution in [0.4, 0.5) is 0 Å². The van der Waals surface area contributed by atoms with E-state index in [0.29, 0.717) is 30.8 Å². The minimum absolute atomic E-state index is 0.0396. The molecule has 6 heteroatoms. The molecular weight excluding hydrogens is 310 g/mol. The van der Waals surface area contributed by atoms with Crippen molar-refractivity contribution in [1.29, 1.82) is 0 Å². The normalized spacial score (nSPS) is 22.5. The van der Waals surface area contributed by atoms with Crippen LogP contribution in [0.15, 0.2) is 24.3 Å². The standard InChI is InChI=1S/C18H23NO5/c1-2-23-15-9-5-4-8-13(15)16(20)19-14(17(21)22)12-24-18(19)10-6-3-7-11-18/h4-5,8-9,14H,2-3,6-7,10-12H2,1H3,(H,21,22). The van der Waals surface area contributed by atoms with Gasteiger partial charge in [0.2, 0.25) is 0 Å². The summed E-state index contributed by atoms with van der Waals surface area (Å²) in [5, 5.41) is 9.56. The molecule has 1 atom stereocenters. The number of para-hydroxylation sites is 1. The molecule has 1 saturated heterocycles. The van der Waals surface area contributed by atoms with Crippen molar-refractivity contribution in [1.82, 2.24) is 4.90 Å². The molecule has 1 aliphatic heterocycles. The highest BCUT2D eigenvalue weighted by atomic mass is 16.5. The van der Waals surface area contributed by atoms with Crippen LogP contribution >= 0.6 is 0 Å². The van der Waals surface area contributed by atoms with Crippen molar-refractivity contribution >= 4 is 11.9 Å². The fourth-order valence-electron chi connectivity index (χ4n) is 3.71. The Balaban J connectivity index is 1.99. The summed E-state index contributed by atoms with van der Waals surface area (Å²) >= 11 is 0. The lowest BCUT2D eigenvalue weighted by molar-refractivity contribution is -0.143. The van der Waals surface area contributed by atoms with Gasteiger partial charge in [0.25, 0.3) is 5.91 Å². The first-order valence-corrected chi connectivity index (χ1v) is 8.51.